The molecule has 1 aromatic heterocycles. The van der Waals surface area contributed by atoms with E-state index in [2.05, 4.69) is 14.9 Å². The van der Waals surface area contributed by atoms with Crippen LogP contribution in [0.1, 0.15) is 43.0 Å². The molecule has 1 aliphatic rings. The third-order valence-corrected chi connectivity index (χ3v) is 5.36. The van der Waals surface area contributed by atoms with Crippen molar-refractivity contribution < 1.29 is 17.9 Å². The van der Waals surface area contributed by atoms with E-state index in [4.69, 9.17) is 10.5 Å². The first-order valence-electron chi connectivity index (χ1n) is 7.42. The van der Waals surface area contributed by atoms with Crippen molar-refractivity contribution in [1.82, 2.24) is 14.9 Å². The summed E-state index contributed by atoms with van der Waals surface area (Å²) in [5.74, 6) is -0.490. The van der Waals surface area contributed by atoms with E-state index in [1.165, 1.54) is 0 Å². The molecule has 0 amide bonds. The second kappa shape index (κ2) is 8.62. The highest BCUT2D eigenvalue weighted by Gasteiger charge is 2.32. The minimum Gasteiger partial charge on any atom is -0.462 e. The van der Waals surface area contributed by atoms with Crippen molar-refractivity contribution in [3.8, 4) is 0 Å². The van der Waals surface area contributed by atoms with E-state index in [-0.39, 0.29) is 48.1 Å². The van der Waals surface area contributed by atoms with Crippen molar-refractivity contribution >= 4 is 28.4 Å². The van der Waals surface area contributed by atoms with Gasteiger partial charge in [-0.3, -0.25) is 5.10 Å². The van der Waals surface area contributed by atoms with Crippen molar-refractivity contribution in [2.75, 3.05) is 13.2 Å². The van der Waals surface area contributed by atoms with Gasteiger partial charge in [-0.05, 0) is 25.7 Å². The van der Waals surface area contributed by atoms with E-state index < -0.39 is 16.0 Å². The van der Waals surface area contributed by atoms with Crippen LogP contribution in [0.2, 0.25) is 0 Å². The molecule has 1 heterocycles. The SMILES string of the molecule is CCOC(=O)c1cn[nH]c1S(=O)(=O)NC(CN)C1CCCC1.Cl. The summed E-state index contributed by atoms with van der Waals surface area (Å²) in [5.41, 5.74) is 5.61. The fourth-order valence-electron chi connectivity index (χ4n) is 2.79. The zero-order valence-corrected chi connectivity index (χ0v) is 14.6. The number of esters is 1. The first kappa shape index (κ1) is 19.9. The van der Waals surface area contributed by atoms with Gasteiger partial charge in [0.25, 0.3) is 10.0 Å². The van der Waals surface area contributed by atoms with Gasteiger partial charge in [0.1, 0.15) is 5.56 Å². The number of rotatable bonds is 7. The molecule has 2 rings (SSSR count). The quantitative estimate of drug-likeness (QED) is 0.612. The molecule has 0 bridgehead atoms. The Kier molecular flexibility index (Phi) is 7.46. The lowest BCUT2D eigenvalue weighted by atomic mass is 9.99. The Labute approximate surface area is 142 Å². The van der Waals surface area contributed by atoms with Gasteiger partial charge in [0.2, 0.25) is 0 Å². The van der Waals surface area contributed by atoms with Crippen molar-refractivity contribution in [3.05, 3.63) is 11.8 Å². The third-order valence-electron chi connectivity index (χ3n) is 3.90. The minimum atomic E-state index is -3.91. The maximum Gasteiger partial charge on any atom is 0.342 e. The van der Waals surface area contributed by atoms with Gasteiger partial charge in [-0.1, -0.05) is 12.8 Å². The van der Waals surface area contributed by atoms with Gasteiger partial charge in [-0.2, -0.15) is 5.10 Å². The predicted molar refractivity (Wildman–Crippen MR) is 86.9 cm³/mol. The van der Waals surface area contributed by atoms with E-state index in [1.807, 2.05) is 0 Å². The molecule has 10 heteroatoms. The predicted octanol–water partition coefficient (Wildman–Crippen LogP) is 0.804. The molecule has 1 aromatic rings. The number of aromatic nitrogens is 2. The lowest BCUT2D eigenvalue weighted by molar-refractivity contribution is 0.0522. The smallest absolute Gasteiger partial charge is 0.342 e. The molecule has 1 unspecified atom stereocenters. The number of nitrogens with one attached hydrogen (secondary N) is 2. The number of halogens is 1. The highest BCUT2D eigenvalue weighted by Crippen LogP contribution is 2.28. The first-order chi connectivity index (χ1) is 10.5. The normalized spacial score (nSPS) is 16.8. The molecule has 0 saturated heterocycles. The molecule has 23 heavy (non-hydrogen) atoms. The summed E-state index contributed by atoms with van der Waals surface area (Å²) >= 11 is 0. The molecule has 0 radical (unpaired) electrons. The Morgan fingerprint density at radius 1 is 1.52 bits per heavy atom. The van der Waals surface area contributed by atoms with E-state index in [0.717, 1.165) is 31.9 Å². The minimum absolute atomic E-state index is 0. The number of sulfonamides is 1. The number of carbonyl (C=O) groups is 1. The Hall–Kier alpha value is -1.16. The van der Waals surface area contributed by atoms with Crippen LogP contribution in [0.4, 0.5) is 0 Å². The van der Waals surface area contributed by atoms with Crippen LogP contribution >= 0.6 is 12.4 Å². The summed E-state index contributed by atoms with van der Waals surface area (Å²) < 4.78 is 32.4. The molecule has 0 spiro atoms. The maximum absolute atomic E-state index is 12.5. The molecule has 0 aromatic carbocycles. The van der Waals surface area contributed by atoms with Crippen molar-refractivity contribution in [1.29, 1.82) is 0 Å². The molecule has 132 valence electrons. The van der Waals surface area contributed by atoms with Gasteiger partial charge >= 0.3 is 5.97 Å². The Morgan fingerprint density at radius 3 is 2.74 bits per heavy atom. The molecular formula is C13H23ClN4O4S. The van der Waals surface area contributed by atoms with Crippen LogP contribution in [-0.4, -0.2) is 43.8 Å². The Morgan fingerprint density at radius 2 is 2.17 bits per heavy atom. The average Bonchev–Trinajstić information content (AvgIpc) is 3.16. The lowest BCUT2D eigenvalue weighted by Crippen LogP contribution is -2.44. The van der Waals surface area contributed by atoms with Crippen LogP contribution in [-0.2, 0) is 14.8 Å². The fourth-order valence-corrected chi connectivity index (χ4v) is 4.19. The number of H-pyrrole nitrogens is 1. The molecule has 0 aliphatic heterocycles. The van der Waals surface area contributed by atoms with Crippen LogP contribution in [0.3, 0.4) is 0 Å². The lowest BCUT2D eigenvalue weighted by Gasteiger charge is -2.22. The number of nitrogens with two attached hydrogens (primary N) is 1. The summed E-state index contributed by atoms with van der Waals surface area (Å²) in [6.45, 7) is 2.02. The topological polar surface area (TPSA) is 127 Å². The number of hydrogen-bond acceptors (Lipinski definition) is 6. The van der Waals surface area contributed by atoms with E-state index in [0.29, 0.717) is 0 Å². The van der Waals surface area contributed by atoms with Crippen molar-refractivity contribution in [2.45, 2.75) is 43.7 Å². The van der Waals surface area contributed by atoms with Crippen molar-refractivity contribution in [2.24, 2.45) is 11.7 Å². The number of hydrogen-bond donors (Lipinski definition) is 3. The first-order valence-corrected chi connectivity index (χ1v) is 8.90. The van der Waals surface area contributed by atoms with Gasteiger partial charge in [-0.25, -0.2) is 17.9 Å². The molecular weight excluding hydrogens is 344 g/mol. The zero-order chi connectivity index (χ0) is 16.2. The van der Waals surface area contributed by atoms with Gasteiger partial charge in [-0.15, -0.1) is 12.4 Å². The standard InChI is InChI=1S/C13H22N4O4S.ClH/c1-2-21-13(18)10-8-15-16-12(10)22(19,20)17-11(7-14)9-5-3-4-6-9;/h8-9,11,17H,2-7,14H2,1H3,(H,15,16);1H. The van der Waals surface area contributed by atoms with Gasteiger partial charge in [0.15, 0.2) is 5.03 Å². The third kappa shape index (κ3) is 4.66. The van der Waals surface area contributed by atoms with Crippen LogP contribution in [0.5, 0.6) is 0 Å². The highest BCUT2D eigenvalue weighted by atomic mass is 35.5. The van der Waals surface area contributed by atoms with Crippen LogP contribution in [0, 0.1) is 5.92 Å². The summed E-state index contributed by atoms with van der Waals surface area (Å²) in [6.07, 6.45) is 5.23. The summed E-state index contributed by atoms with van der Waals surface area (Å²) in [4.78, 5) is 11.8. The van der Waals surface area contributed by atoms with Crippen molar-refractivity contribution in [3.63, 3.8) is 0 Å². The molecule has 1 atom stereocenters. The monoisotopic (exact) mass is 366 g/mol. The number of nitrogens with zero attached hydrogens (tertiary/aromatic N) is 1. The second-order valence-corrected chi connectivity index (χ2v) is 6.99. The second-order valence-electron chi connectivity index (χ2n) is 5.34. The average molecular weight is 367 g/mol. The van der Waals surface area contributed by atoms with Gasteiger partial charge in [0.05, 0.1) is 12.8 Å². The summed E-state index contributed by atoms with van der Waals surface area (Å²) in [7, 11) is -3.91. The highest BCUT2D eigenvalue weighted by molar-refractivity contribution is 7.89. The number of carbonyl (C=O) groups excluding carboxylic acids is 1. The number of ether oxygens (including phenoxy) is 1. The summed E-state index contributed by atoms with van der Waals surface area (Å²) in [5, 5.41) is 5.73. The van der Waals surface area contributed by atoms with Crippen LogP contribution in [0.25, 0.3) is 0 Å². The van der Waals surface area contributed by atoms with E-state index in [9.17, 15) is 13.2 Å². The maximum atomic E-state index is 12.5. The van der Waals surface area contributed by atoms with E-state index >= 15 is 0 Å². The van der Waals surface area contributed by atoms with Crippen LogP contribution < -0.4 is 10.5 Å². The molecule has 1 saturated carbocycles. The number of aromatic amines is 1. The van der Waals surface area contributed by atoms with Gasteiger partial charge in [0, 0.05) is 12.6 Å². The molecule has 4 N–H and O–H groups in total. The molecule has 1 aliphatic carbocycles. The molecule has 8 nitrogen and oxygen atoms in total. The van der Waals surface area contributed by atoms with Crippen LogP contribution in [0.15, 0.2) is 11.2 Å². The van der Waals surface area contributed by atoms with E-state index in [1.54, 1.807) is 6.92 Å². The van der Waals surface area contributed by atoms with Gasteiger partial charge < -0.3 is 10.5 Å². The summed E-state index contributed by atoms with van der Waals surface area (Å²) in [6, 6.07) is -0.342. The molecule has 1 fully saturated rings. The largest absolute Gasteiger partial charge is 0.462 e. The fraction of sp³-hybridized carbons (Fsp3) is 0.692. The Bertz CT molecular complexity index is 613. The zero-order valence-electron chi connectivity index (χ0n) is 12.9. The Balaban J connectivity index is 0.00000264.